The van der Waals surface area contributed by atoms with E-state index in [2.05, 4.69) is 30.2 Å². The highest BCUT2D eigenvalue weighted by Gasteiger charge is 2.15. The van der Waals surface area contributed by atoms with Gasteiger partial charge in [-0.25, -0.2) is 4.98 Å². The molecular weight excluding hydrogens is 260 g/mol. The summed E-state index contributed by atoms with van der Waals surface area (Å²) in [7, 11) is 5.14. The van der Waals surface area contributed by atoms with E-state index < -0.39 is 0 Å². The van der Waals surface area contributed by atoms with Crippen molar-refractivity contribution in [1.82, 2.24) is 19.9 Å². The van der Waals surface area contributed by atoms with Crippen LogP contribution in [0, 0.1) is 0 Å². The van der Waals surface area contributed by atoms with Crippen molar-refractivity contribution in [2.45, 2.75) is 0 Å². The predicted octanol–water partition coefficient (Wildman–Crippen LogP) is 0.494. The van der Waals surface area contributed by atoms with Crippen molar-refractivity contribution in [2.24, 2.45) is 0 Å². The third-order valence-corrected chi connectivity index (χ3v) is 2.92. The molecule has 110 valence electrons. The fraction of sp³-hybridized carbons (Fsp3) is 0.583. The number of aromatic nitrogens is 4. The third-order valence-electron chi connectivity index (χ3n) is 2.92. The Bertz CT molecular complexity index is 536. The summed E-state index contributed by atoms with van der Waals surface area (Å²) in [4.78, 5) is 18.2. The summed E-state index contributed by atoms with van der Waals surface area (Å²) < 4.78 is 10.3. The highest BCUT2D eigenvalue weighted by molar-refractivity contribution is 5.84. The second kappa shape index (κ2) is 7.01. The van der Waals surface area contributed by atoms with Gasteiger partial charge in [0.2, 0.25) is 5.95 Å². The van der Waals surface area contributed by atoms with E-state index in [1.807, 2.05) is 0 Å². The Hall–Kier alpha value is -1.93. The van der Waals surface area contributed by atoms with Gasteiger partial charge in [0.05, 0.1) is 19.5 Å². The fourth-order valence-corrected chi connectivity index (χ4v) is 1.89. The van der Waals surface area contributed by atoms with Gasteiger partial charge < -0.3 is 24.7 Å². The zero-order valence-electron chi connectivity index (χ0n) is 12.0. The van der Waals surface area contributed by atoms with Gasteiger partial charge >= 0.3 is 0 Å². The molecule has 0 fully saturated rings. The monoisotopic (exact) mass is 280 g/mol. The van der Waals surface area contributed by atoms with Crippen LogP contribution in [0.5, 0.6) is 0 Å². The lowest BCUT2D eigenvalue weighted by Gasteiger charge is -2.23. The standard InChI is InChI=1S/C12H20N6O2/c1-13-12-16-10-9(14-8-15-10)11(17-12)18(4-6-19-2)5-7-20-3/h8H,4-7H2,1-3H3,(H2,13,14,15,16,17). The number of H-pyrrole nitrogens is 1. The topological polar surface area (TPSA) is 88.2 Å². The number of ether oxygens (including phenoxy) is 2. The Morgan fingerprint density at radius 1 is 1.20 bits per heavy atom. The van der Waals surface area contributed by atoms with Crippen LogP contribution >= 0.6 is 0 Å². The van der Waals surface area contributed by atoms with Crippen molar-refractivity contribution >= 4 is 22.9 Å². The van der Waals surface area contributed by atoms with Gasteiger partial charge in [0.15, 0.2) is 11.5 Å². The van der Waals surface area contributed by atoms with Gasteiger partial charge in [0.25, 0.3) is 0 Å². The van der Waals surface area contributed by atoms with Crippen LogP contribution in [0.1, 0.15) is 0 Å². The number of fused-ring (bicyclic) bond motifs is 1. The summed E-state index contributed by atoms with van der Waals surface area (Å²) in [5.74, 6) is 1.34. The molecule has 0 radical (unpaired) electrons. The third kappa shape index (κ3) is 3.14. The molecule has 2 aromatic rings. The Morgan fingerprint density at radius 2 is 1.90 bits per heavy atom. The minimum atomic E-state index is 0.541. The first kappa shape index (κ1) is 14.5. The molecule has 20 heavy (non-hydrogen) atoms. The first-order chi connectivity index (χ1) is 9.80. The van der Waals surface area contributed by atoms with Crippen LogP contribution in [0.15, 0.2) is 6.33 Å². The zero-order valence-corrected chi connectivity index (χ0v) is 12.0. The summed E-state index contributed by atoms with van der Waals surface area (Å²) in [6, 6.07) is 0. The van der Waals surface area contributed by atoms with Gasteiger partial charge in [-0.15, -0.1) is 0 Å². The number of aromatic amines is 1. The van der Waals surface area contributed by atoms with E-state index in [-0.39, 0.29) is 0 Å². The number of imidazole rings is 1. The molecule has 2 rings (SSSR count). The number of nitrogens with one attached hydrogen (secondary N) is 2. The second-order valence-electron chi connectivity index (χ2n) is 4.19. The minimum Gasteiger partial charge on any atom is -0.383 e. The summed E-state index contributed by atoms with van der Waals surface area (Å²) in [6.07, 6.45) is 1.62. The van der Waals surface area contributed by atoms with Crippen molar-refractivity contribution in [2.75, 3.05) is 57.8 Å². The Balaban J connectivity index is 2.36. The molecule has 2 heterocycles. The van der Waals surface area contributed by atoms with Gasteiger partial charge in [0.1, 0.15) is 5.52 Å². The van der Waals surface area contributed by atoms with Gasteiger partial charge in [-0.3, -0.25) is 0 Å². The average molecular weight is 280 g/mol. The molecule has 0 aromatic carbocycles. The molecule has 0 amide bonds. The zero-order chi connectivity index (χ0) is 14.4. The first-order valence-corrected chi connectivity index (χ1v) is 6.41. The maximum atomic E-state index is 5.16. The van der Waals surface area contributed by atoms with E-state index in [0.29, 0.717) is 37.9 Å². The normalized spacial score (nSPS) is 10.9. The van der Waals surface area contributed by atoms with E-state index in [4.69, 9.17) is 9.47 Å². The van der Waals surface area contributed by atoms with E-state index in [1.165, 1.54) is 0 Å². The van der Waals surface area contributed by atoms with Crippen LogP contribution in [-0.4, -0.2) is 67.5 Å². The molecule has 0 saturated carbocycles. The molecule has 0 saturated heterocycles. The predicted molar refractivity (Wildman–Crippen MR) is 77.2 cm³/mol. The molecular formula is C12H20N6O2. The van der Waals surface area contributed by atoms with Crippen LogP contribution in [0.2, 0.25) is 0 Å². The number of anilines is 2. The van der Waals surface area contributed by atoms with E-state index in [9.17, 15) is 0 Å². The maximum Gasteiger partial charge on any atom is 0.226 e. The number of methoxy groups -OCH3 is 2. The maximum absolute atomic E-state index is 5.16. The number of nitrogens with zero attached hydrogens (tertiary/aromatic N) is 4. The van der Waals surface area contributed by atoms with E-state index in [1.54, 1.807) is 27.6 Å². The lowest BCUT2D eigenvalue weighted by molar-refractivity contribution is 0.190. The SMILES string of the molecule is CNc1nc(N(CCOC)CCOC)c2[nH]cnc2n1. The summed E-state index contributed by atoms with van der Waals surface area (Å²) >= 11 is 0. The van der Waals surface area contributed by atoms with Crippen LogP contribution in [0.4, 0.5) is 11.8 Å². The van der Waals surface area contributed by atoms with Gasteiger partial charge in [-0.1, -0.05) is 0 Å². The van der Waals surface area contributed by atoms with Crippen LogP contribution in [0.25, 0.3) is 11.2 Å². The molecule has 0 unspecified atom stereocenters. The van der Waals surface area contributed by atoms with Crippen molar-refractivity contribution in [3.8, 4) is 0 Å². The van der Waals surface area contributed by atoms with Crippen molar-refractivity contribution in [1.29, 1.82) is 0 Å². The van der Waals surface area contributed by atoms with Crippen molar-refractivity contribution in [3.63, 3.8) is 0 Å². The molecule has 0 aliphatic heterocycles. The molecule has 8 heteroatoms. The van der Waals surface area contributed by atoms with E-state index in [0.717, 1.165) is 11.3 Å². The van der Waals surface area contributed by atoms with Gasteiger partial charge in [0, 0.05) is 34.4 Å². The molecule has 0 atom stereocenters. The molecule has 0 spiro atoms. The fourth-order valence-electron chi connectivity index (χ4n) is 1.89. The van der Waals surface area contributed by atoms with Crippen LogP contribution < -0.4 is 10.2 Å². The van der Waals surface area contributed by atoms with Gasteiger partial charge in [-0.05, 0) is 0 Å². The average Bonchev–Trinajstić information content (AvgIpc) is 2.95. The highest BCUT2D eigenvalue weighted by Crippen LogP contribution is 2.22. The van der Waals surface area contributed by atoms with E-state index >= 15 is 0 Å². The van der Waals surface area contributed by atoms with Crippen LogP contribution in [-0.2, 0) is 9.47 Å². The molecule has 0 aliphatic rings. The summed E-state index contributed by atoms with van der Waals surface area (Å²) in [5, 5.41) is 2.95. The highest BCUT2D eigenvalue weighted by atomic mass is 16.5. The lowest BCUT2D eigenvalue weighted by Crippen LogP contribution is -2.31. The van der Waals surface area contributed by atoms with Crippen molar-refractivity contribution in [3.05, 3.63) is 6.33 Å². The number of hydrogen-bond donors (Lipinski definition) is 2. The largest absolute Gasteiger partial charge is 0.383 e. The first-order valence-electron chi connectivity index (χ1n) is 6.41. The number of hydrogen-bond acceptors (Lipinski definition) is 7. The Kier molecular flexibility index (Phi) is 5.08. The van der Waals surface area contributed by atoms with Crippen LogP contribution in [0.3, 0.4) is 0 Å². The molecule has 0 aliphatic carbocycles. The molecule has 2 aromatic heterocycles. The minimum absolute atomic E-state index is 0.541. The van der Waals surface area contributed by atoms with Gasteiger partial charge in [-0.2, -0.15) is 9.97 Å². The second-order valence-corrected chi connectivity index (χ2v) is 4.19. The molecule has 2 N–H and O–H groups in total. The molecule has 0 bridgehead atoms. The Morgan fingerprint density at radius 3 is 2.50 bits per heavy atom. The van der Waals surface area contributed by atoms with Crippen molar-refractivity contribution < 1.29 is 9.47 Å². The summed E-state index contributed by atoms with van der Waals surface area (Å²) in [6.45, 7) is 2.65. The lowest BCUT2D eigenvalue weighted by atomic mass is 10.4. The smallest absolute Gasteiger partial charge is 0.226 e. The molecule has 8 nitrogen and oxygen atoms in total. The number of rotatable bonds is 8. The Labute approximate surface area is 117 Å². The summed E-state index contributed by atoms with van der Waals surface area (Å²) in [5.41, 5.74) is 1.45. The quantitative estimate of drug-likeness (QED) is 0.727.